The summed E-state index contributed by atoms with van der Waals surface area (Å²) in [5.41, 5.74) is 9.89. The average molecular weight is 296 g/mol. The largest absolute Gasteiger partial charge is 0.496 e. The summed E-state index contributed by atoms with van der Waals surface area (Å²) in [5.74, 6) is 0.842. The molecular formula is C17H16N2OS. The number of nitrogens with two attached hydrogens (primary N) is 1. The molecule has 0 aliphatic heterocycles. The van der Waals surface area contributed by atoms with Crippen molar-refractivity contribution >= 4 is 11.3 Å². The summed E-state index contributed by atoms with van der Waals surface area (Å²) in [6, 6.07) is 16.1. The van der Waals surface area contributed by atoms with Crippen molar-refractivity contribution in [1.82, 2.24) is 4.98 Å². The van der Waals surface area contributed by atoms with Gasteiger partial charge in [0.05, 0.1) is 18.4 Å². The smallest absolute Gasteiger partial charge is 0.129 e. The van der Waals surface area contributed by atoms with Gasteiger partial charge in [-0.1, -0.05) is 30.3 Å². The number of hydrogen-bond acceptors (Lipinski definition) is 4. The monoisotopic (exact) mass is 296 g/mol. The van der Waals surface area contributed by atoms with Crippen LogP contribution in [0.4, 0.5) is 0 Å². The molecule has 1 heterocycles. The van der Waals surface area contributed by atoms with E-state index < -0.39 is 0 Å². The van der Waals surface area contributed by atoms with Crippen LogP contribution >= 0.6 is 11.3 Å². The molecule has 21 heavy (non-hydrogen) atoms. The molecular weight excluding hydrogens is 280 g/mol. The first kappa shape index (κ1) is 13.8. The summed E-state index contributed by atoms with van der Waals surface area (Å²) in [4.78, 5) is 4.73. The summed E-state index contributed by atoms with van der Waals surface area (Å²) >= 11 is 1.62. The van der Waals surface area contributed by atoms with Gasteiger partial charge in [0.15, 0.2) is 0 Å². The van der Waals surface area contributed by atoms with E-state index in [2.05, 4.69) is 17.5 Å². The van der Waals surface area contributed by atoms with Crippen LogP contribution in [0.3, 0.4) is 0 Å². The second-order valence-corrected chi connectivity index (χ2v) is 5.50. The summed E-state index contributed by atoms with van der Waals surface area (Å²) in [5, 5.41) is 3.03. The van der Waals surface area contributed by atoms with Crippen LogP contribution in [0.25, 0.3) is 21.8 Å². The van der Waals surface area contributed by atoms with E-state index in [4.69, 9.17) is 15.5 Å². The van der Waals surface area contributed by atoms with E-state index in [1.54, 1.807) is 18.4 Å². The minimum atomic E-state index is 0.539. The quantitative estimate of drug-likeness (QED) is 0.793. The van der Waals surface area contributed by atoms with Crippen LogP contribution in [0.5, 0.6) is 5.75 Å². The van der Waals surface area contributed by atoms with Gasteiger partial charge in [0.1, 0.15) is 10.8 Å². The number of thiazole rings is 1. The summed E-state index contributed by atoms with van der Waals surface area (Å²) in [7, 11) is 1.68. The number of rotatable bonds is 4. The lowest BCUT2D eigenvalue weighted by Gasteiger charge is -2.04. The molecule has 3 nitrogen and oxygen atoms in total. The van der Waals surface area contributed by atoms with E-state index in [9.17, 15) is 0 Å². The molecule has 0 bridgehead atoms. The Bertz CT molecular complexity index is 752. The predicted octanol–water partition coefficient (Wildman–Crippen LogP) is 3.94. The molecule has 106 valence electrons. The molecule has 3 rings (SSSR count). The first-order chi connectivity index (χ1) is 10.3. The van der Waals surface area contributed by atoms with Crippen molar-refractivity contribution in [2.45, 2.75) is 6.54 Å². The minimum absolute atomic E-state index is 0.539. The van der Waals surface area contributed by atoms with E-state index in [0.717, 1.165) is 33.1 Å². The van der Waals surface area contributed by atoms with Crippen LogP contribution in [0.15, 0.2) is 53.9 Å². The second-order valence-electron chi connectivity index (χ2n) is 4.64. The zero-order valence-electron chi connectivity index (χ0n) is 11.7. The lowest BCUT2D eigenvalue weighted by molar-refractivity contribution is 0.416. The molecule has 0 saturated carbocycles. The third-order valence-electron chi connectivity index (χ3n) is 3.30. The molecule has 0 aliphatic carbocycles. The van der Waals surface area contributed by atoms with Crippen LogP contribution in [-0.4, -0.2) is 12.1 Å². The minimum Gasteiger partial charge on any atom is -0.496 e. The topological polar surface area (TPSA) is 48.1 Å². The fourth-order valence-electron chi connectivity index (χ4n) is 2.21. The van der Waals surface area contributed by atoms with Crippen LogP contribution < -0.4 is 10.5 Å². The van der Waals surface area contributed by atoms with Gasteiger partial charge in [0.25, 0.3) is 0 Å². The van der Waals surface area contributed by atoms with Crippen LogP contribution in [-0.2, 0) is 6.54 Å². The maximum absolute atomic E-state index is 5.70. The number of methoxy groups -OCH3 is 1. The van der Waals surface area contributed by atoms with Gasteiger partial charge in [-0.2, -0.15) is 0 Å². The Morgan fingerprint density at radius 3 is 2.81 bits per heavy atom. The number of ether oxygens (including phenoxy) is 1. The molecule has 0 spiro atoms. The third kappa shape index (κ3) is 2.82. The Labute approximate surface area is 128 Å². The van der Waals surface area contributed by atoms with Crippen molar-refractivity contribution in [2.24, 2.45) is 5.73 Å². The Morgan fingerprint density at radius 1 is 1.14 bits per heavy atom. The first-order valence-electron chi connectivity index (χ1n) is 6.70. The maximum Gasteiger partial charge on any atom is 0.129 e. The molecule has 0 saturated heterocycles. The highest BCUT2D eigenvalue weighted by atomic mass is 32.1. The molecule has 1 aromatic heterocycles. The van der Waals surface area contributed by atoms with Crippen molar-refractivity contribution in [2.75, 3.05) is 7.11 Å². The van der Waals surface area contributed by atoms with E-state index in [1.165, 1.54) is 0 Å². The number of benzene rings is 2. The van der Waals surface area contributed by atoms with Crippen molar-refractivity contribution < 1.29 is 4.74 Å². The lowest BCUT2D eigenvalue weighted by Crippen LogP contribution is -1.95. The molecule has 0 radical (unpaired) electrons. The molecule has 3 aromatic rings. The van der Waals surface area contributed by atoms with Gasteiger partial charge in [-0.05, 0) is 23.8 Å². The first-order valence-corrected chi connectivity index (χ1v) is 7.58. The van der Waals surface area contributed by atoms with Gasteiger partial charge in [0.2, 0.25) is 0 Å². The fourth-order valence-corrected chi connectivity index (χ4v) is 3.07. The van der Waals surface area contributed by atoms with Crippen LogP contribution in [0, 0.1) is 0 Å². The van der Waals surface area contributed by atoms with Crippen LogP contribution in [0.1, 0.15) is 5.56 Å². The van der Waals surface area contributed by atoms with Gasteiger partial charge in [-0.15, -0.1) is 11.3 Å². The molecule has 0 fully saturated rings. The van der Waals surface area contributed by atoms with Crippen molar-refractivity contribution in [3.63, 3.8) is 0 Å². The predicted molar refractivity (Wildman–Crippen MR) is 87.4 cm³/mol. The standard InChI is InChI=1S/C17H16N2OS/c1-20-16-8-3-2-7-14(16)17-19-15(11-21-17)13-6-4-5-12(9-13)10-18/h2-9,11H,10,18H2,1H3. The summed E-state index contributed by atoms with van der Waals surface area (Å²) < 4.78 is 5.40. The molecule has 4 heteroatoms. The Hall–Kier alpha value is -2.17. The Kier molecular flexibility index (Phi) is 3.99. The lowest BCUT2D eigenvalue weighted by atomic mass is 10.1. The second kappa shape index (κ2) is 6.08. The van der Waals surface area contributed by atoms with Crippen LogP contribution in [0.2, 0.25) is 0 Å². The summed E-state index contributed by atoms with van der Waals surface area (Å²) in [6.45, 7) is 0.539. The van der Waals surface area contributed by atoms with E-state index in [0.29, 0.717) is 6.54 Å². The van der Waals surface area contributed by atoms with Crippen molar-refractivity contribution in [3.05, 3.63) is 59.5 Å². The average Bonchev–Trinajstić information content (AvgIpc) is 3.04. The highest BCUT2D eigenvalue weighted by molar-refractivity contribution is 7.13. The number of aromatic nitrogens is 1. The fraction of sp³-hybridized carbons (Fsp3) is 0.118. The van der Waals surface area contributed by atoms with Gasteiger partial charge in [-0.25, -0.2) is 4.98 Å². The van der Waals surface area contributed by atoms with E-state index >= 15 is 0 Å². The number of hydrogen-bond donors (Lipinski definition) is 1. The number of nitrogens with zero attached hydrogens (tertiary/aromatic N) is 1. The van der Waals surface area contributed by atoms with Crippen molar-refractivity contribution in [3.8, 4) is 27.6 Å². The van der Waals surface area contributed by atoms with Gasteiger partial charge in [0, 0.05) is 17.5 Å². The zero-order chi connectivity index (χ0) is 14.7. The Morgan fingerprint density at radius 2 is 2.00 bits per heavy atom. The number of para-hydroxylation sites is 1. The highest BCUT2D eigenvalue weighted by Gasteiger charge is 2.10. The van der Waals surface area contributed by atoms with Gasteiger partial charge in [-0.3, -0.25) is 0 Å². The van der Waals surface area contributed by atoms with Gasteiger partial charge < -0.3 is 10.5 Å². The Balaban J connectivity index is 1.99. The summed E-state index contributed by atoms with van der Waals surface area (Å²) in [6.07, 6.45) is 0. The van der Waals surface area contributed by atoms with Gasteiger partial charge >= 0.3 is 0 Å². The molecule has 0 amide bonds. The zero-order valence-corrected chi connectivity index (χ0v) is 12.6. The SMILES string of the molecule is COc1ccccc1-c1nc(-c2cccc(CN)c2)cs1. The normalized spacial score (nSPS) is 10.6. The third-order valence-corrected chi connectivity index (χ3v) is 4.18. The molecule has 0 atom stereocenters. The molecule has 2 aromatic carbocycles. The maximum atomic E-state index is 5.70. The molecule has 0 aliphatic rings. The molecule has 2 N–H and O–H groups in total. The highest BCUT2D eigenvalue weighted by Crippen LogP contribution is 2.34. The van der Waals surface area contributed by atoms with E-state index in [-0.39, 0.29) is 0 Å². The van der Waals surface area contributed by atoms with E-state index in [1.807, 2.05) is 36.4 Å². The molecule has 0 unspecified atom stereocenters. The van der Waals surface area contributed by atoms with Crippen molar-refractivity contribution in [1.29, 1.82) is 0 Å².